The monoisotopic (exact) mass is 999 g/mol. The fraction of sp³-hybridized carbons (Fsp3) is 0.667. The first-order valence-electron chi connectivity index (χ1n) is 4.34. The van der Waals surface area contributed by atoms with Gasteiger partial charge in [0.25, 0.3) is 0 Å². The molecule has 2 aliphatic heterocycles. The molecule has 0 aromatic carbocycles. The molecule has 0 saturated heterocycles. The maximum absolute atomic E-state index is 3.32. The molecule has 0 unspecified atom stereocenters. The summed E-state index contributed by atoms with van der Waals surface area (Å²) in [5.74, 6) is 2.53. The molecule has 110 valence electrons. The fourth-order valence-electron chi connectivity index (χ4n) is 0.848. The van der Waals surface area contributed by atoms with Gasteiger partial charge in [0.15, 0.2) is 0 Å². The Balaban J connectivity index is 0.000000283. The van der Waals surface area contributed by atoms with Gasteiger partial charge in [-0.15, -0.1) is 0 Å². The van der Waals surface area contributed by atoms with Crippen molar-refractivity contribution in [1.82, 2.24) is 0 Å². The van der Waals surface area contributed by atoms with Crippen LogP contribution in [0.15, 0.2) is 0 Å². The number of hydrogen-bond donors (Lipinski definition) is 2. The third kappa shape index (κ3) is 13.5. The van der Waals surface area contributed by atoms with Gasteiger partial charge in [-0.1, -0.05) is 0 Å². The molecule has 2 rings (SSSR count). The van der Waals surface area contributed by atoms with Crippen LogP contribution in [0.1, 0.15) is 0 Å². The van der Waals surface area contributed by atoms with Gasteiger partial charge in [-0.2, -0.15) is 0 Å². The zero-order valence-corrected chi connectivity index (χ0v) is 24.9. The van der Waals surface area contributed by atoms with Crippen molar-refractivity contribution < 1.29 is 41.7 Å². The van der Waals surface area contributed by atoms with E-state index < -0.39 is 0 Å². The van der Waals surface area contributed by atoms with Crippen LogP contribution in [0.5, 0.6) is 0 Å². The number of hydrogen-bond acceptors (Lipinski definition) is 4. The van der Waals surface area contributed by atoms with Crippen molar-refractivity contribution >= 4 is 125 Å². The van der Waals surface area contributed by atoms with Gasteiger partial charge >= 0.3 is 154 Å². The van der Waals surface area contributed by atoms with Crippen molar-refractivity contribution in [2.45, 2.75) is 0 Å². The third-order valence-electron chi connectivity index (χ3n) is 1.41. The summed E-state index contributed by atoms with van der Waals surface area (Å²) >= 11 is 13.8. The van der Waals surface area contributed by atoms with Gasteiger partial charge in [0.1, 0.15) is 0 Å². The van der Waals surface area contributed by atoms with Gasteiger partial charge < -0.3 is 0 Å². The Hall–Kier alpha value is 5.12. The Kier molecular flexibility index (Phi) is 23.7. The summed E-state index contributed by atoms with van der Waals surface area (Å²) in [5.41, 5.74) is 0. The number of rotatable bonds is 2. The number of thioether (sulfide) groups is 2. The molecule has 0 saturated carbocycles. The summed E-state index contributed by atoms with van der Waals surface area (Å²) in [6.45, 7) is 2.35. The topological polar surface area (TPSA) is 27.9 Å². The zero-order chi connectivity index (χ0) is 13.6. The molecule has 0 aromatic heterocycles. The van der Waals surface area contributed by atoms with E-state index >= 15 is 0 Å². The predicted molar refractivity (Wildman–Crippen MR) is 118 cm³/mol. The standard InChI is InChI=1S/2C3H4I2NS2.I2/c2*4-5-8-3-6-1-2-7-3;1-2/h2*1-2H2;/q2*-1;/p+2. The van der Waals surface area contributed by atoms with Gasteiger partial charge in [-0.25, -0.2) is 0 Å². The molecular weight excluding hydrogens is 990 g/mol. The van der Waals surface area contributed by atoms with E-state index in [1.807, 2.05) is 41.4 Å². The maximum atomic E-state index is 3.32. The Labute approximate surface area is 186 Å². The second kappa shape index (κ2) is 18.5. The van der Waals surface area contributed by atoms with Gasteiger partial charge in [-0.05, 0) is 0 Å². The summed E-state index contributed by atoms with van der Waals surface area (Å²) < 4.78 is 2.90. The third-order valence-corrected chi connectivity index (χ3v) is 17.1. The zero-order valence-electron chi connectivity index (χ0n) is 8.73. The van der Waals surface area contributed by atoms with Crippen molar-refractivity contribution in [2.24, 2.45) is 0 Å². The van der Waals surface area contributed by atoms with Crippen molar-refractivity contribution in [3.8, 4) is 0 Å². The van der Waals surface area contributed by atoms with Crippen LogP contribution >= 0.6 is 116 Å². The summed E-state index contributed by atoms with van der Waals surface area (Å²) in [5, 5.41) is 0. The van der Waals surface area contributed by atoms with Crippen LogP contribution in [-0.4, -0.2) is 33.3 Å². The number of halogens is 6. The molecule has 0 atom stereocenters. The summed E-state index contributed by atoms with van der Waals surface area (Å²) in [7, 11) is 4.01. The van der Waals surface area contributed by atoms with E-state index in [0.717, 1.165) is 0 Å². The minimum absolute atomic E-state index is 0.361. The van der Waals surface area contributed by atoms with Crippen molar-refractivity contribution in [2.75, 3.05) is 24.6 Å². The van der Waals surface area contributed by atoms with E-state index in [0.29, 0.717) is 31.7 Å². The Morgan fingerprint density at radius 1 is 0.889 bits per heavy atom. The Morgan fingerprint density at radius 2 is 1.28 bits per heavy atom. The average molecular weight is 1000 g/mol. The van der Waals surface area contributed by atoms with Crippen LogP contribution in [0, 0.1) is 0 Å². The predicted octanol–water partition coefficient (Wildman–Crippen LogP) is -3.71. The molecule has 2 N–H and O–H groups in total. The first kappa shape index (κ1) is 23.1. The van der Waals surface area contributed by atoms with Crippen LogP contribution in [0.25, 0.3) is 0 Å². The van der Waals surface area contributed by atoms with E-state index in [-0.39, 0.29) is 0 Å². The molecule has 2 heterocycles. The molecule has 12 heteroatoms. The molecule has 0 bridgehead atoms. The van der Waals surface area contributed by atoms with Gasteiger partial charge in [0.05, 0.1) is 0 Å². The number of nitrogens with one attached hydrogen (secondary N) is 2. The summed E-state index contributed by atoms with van der Waals surface area (Å²) in [6.07, 6.45) is 0. The summed E-state index contributed by atoms with van der Waals surface area (Å²) in [6, 6.07) is 0. The van der Waals surface area contributed by atoms with Gasteiger partial charge in [-0.3, -0.25) is 0 Å². The van der Waals surface area contributed by atoms with Crippen LogP contribution in [0.2, 0.25) is 0 Å². The molecule has 2 aliphatic rings. The van der Waals surface area contributed by atoms with Crippen LogP contribution in [0.3, 0.4) is 0 Å². The van der Waals surface area contributed by atoms with E-state index in [1.165, 1.54) is 33.3 Å². The fourth-order valence-corrected chi connectivity index (χ4v) is 20.0. The Morgan fingerprint density at radius 3 is 1.50 bits per heavy atom. The van der Waals surface area contributed by atoms with E-state index in [9.17, 15) is 0 Å². The SMILES string of the molecule is II.I[I-]SC1=[NH+]CCS1.I[I-]SC1=[NH+]CCS1. The molecule has 0 fully saturated rings. The van der Waals surface area contributed by atoms with Gasteiger partial charge in [0.2, 0.25) is 0 Å². The molecule has 0 spiro atoms. The second-order valence-electron chi connectivity index (χ2n) is 2.40. The summed E-state index contributed by atoms with van der Waals surface area (Å²) in [4.78, 5) is 6.65. The normalized spacial score (nSPS) is 17.6. The van der Waals surface area contributed by atoms with E-state index in [2.05, 4.69) is 84.4 Å². The molecule has 0 aliphatic carbocycles. The van der Waals surface area contributed by atoms with Crippen LogP contribution in [0.4, 0.5) is 0 Å². The van der Waals surface area contributed by atoms with Crippen molar-refractivity contribution in [1.29, 1.82) is 0 Å². The van der Waals surface area contributed by atoms with E-state index in [1.54, 1.807) is 0 Å². The molecule has 2 nitrogen and oxygen atoms in total. The Bertz CT molecular complexity index is 240. The molecule has 18 heavy (non-hydrogen) atoms. The first-order chi connectivity index (χ1) is 8.86. The second-order valence-corrected chi connectivity index (χ2v) is 24.5. The van der Waals surface area contributed by atoms with Crippen molar-refractivity contribution in [3.63, 3.8) is 0 Å². The first-order valence-corrected chi connectivity index (χ1v) is 31.9. The van der Waals surface area contributed by atoms with Crippen molar-refractivity contribution in [3.05, 3.63) is 0 Å². The molecule has 0 amide bonds. The molecule has 0 radical (unpaired) electrons. The molecular formula is C6H10I6N2S4. The quantitative estimate of drug-likeness (QED) is 0.279. The average Bonchev–Trinajstić information content (AvgIpc) is 3.07. The van der Waals surface area contributed by atoms with Gasteiger partial charge in [0, 0.05) is 37.2 Å². The van der Waals surface area contributed by atoms with Crippen LogP contribution in [-0.2, 0) is 0 Å². The van der Waals surface area contributed by atoms with Crippen LogP contribution < -0.4 is 41.7 Å². The molecule has 0 aromatic rings. The minimum atomic E-state index is 0.361. The van der Waals surface area contributed by atoms with E-state index in [4.69, 9.17) is 0 Å².